The van der Waals surface area contributed by atoms with E-state index in [1.165, 1.54) is 0 Å². The molecule has 2 aromatic carbocycles. The number of hydrogen-bond donors (Lipinski definition) is 0. The first kappa shape index (κ1) is 19.1. The molecule has 0 aliphatic carbocycles. The molecule has 0 spiro atoms. The molecule has 146 valence electrons. The molecule has 1 aliphatic rings. The van der Waals surface area contributed by atoms with Gasteiger partial charge in [-0.2, -0.15) is 0 Å². The average molecular weight is 415 g/mol. The van der Waals surface area contributed by atoms with Gasteiger partial charge >= 0.3 is 5.63 Å². The van der Waals surface area contributed by atoms with Crippen molar-refractivity contribution in [1.29, 1.82) is 0 Å². The van der Waals surface area contributed by atoms with Gasteiger partial charge in [0.2, 0.25) is 8.32 Å². The minimum atomic E-state index is -1.99. The van der Waals surface area contributed by atoms with Crippen LogP contribution in [0.25, 0.3) is 22.1 Å². The zero-order chi connectivity index (χ0) is 20.3. The van der Waals surface area contributed by atoms with Crippen LogP contribution < -0.4 is 14.8 Å². The SMILES string of the molecule is CC(C)(C)[Si](C)(C)Oc1ccc2c3c(c(=O)oc2c1)-c1ccc(Cl)cc1OC3. The summed E-state index contributed by atoms with van der Waals surface area (Å²) in [5.41, 5.74) is 2.23. The molecule has 0 saturated carbocycles. The molecule has 2 heterocycles. The molecule has 0 atom stereocenters. The van der Waals surface area contributed by atoms with E-state index in [9.17, 15) is 4.79 Å². The molecular formula is C22H23ClO4Si. The van der Waals surface area contributed by atoms with Crippen molar-refractivity contribution in [3.05, 3.63) is 57.4 Å². The number of hydrogen-bond acceptors (Lipinski definition) is 4. The van der Waals surface area contributed by atoms with Gasteiger partial charge in [-0.15, -0.1) is 0 Å². The van der Waals surface area contributed by atoms with Crippen molar-refractivity contribution in [1.82, 2.24) is 0 Å². The average Bonchev–Trinajstić information content (AvgIpc) is 2.59. The predicted molar refractivity (Wildman–Crippen MR) is 115 cm³/mol. The number of halogens is 1. The Labute approximate surface area is 170 Å². The van der Waals surface area contributed by atoms with Crippen LogP contribution in [0.3, 0.4) is 0 Å². The lowest BCUT2D eigenvalue weighted by atomic mass is 9.96. The Hall–Kier alpha value is -2.24. The van der Waals surface area contributed by atoms with Crippen LogP contribution in [0, 0.1) is 0 Å². The zero-order valence-electron chi connectivity index (χ0n) is 16.7. The van der Waals surface area contributed by atoms with Gasteiger partial charge in [0, 0.05) is 27.6 Å². The van der Waals surface area contributed by atoms with Crippen LogP contribution >= 0.6 is 11.6 Å². The molecule has 0 saturated heterocycles. The van der Waals surface area contributed by atoms with Gasteiger partial charge in [0.25, 0.3) is 0 Å². The fourth-order valence-corrected chi connectivity index (χ4v) is 4.34. The Kier molecular flexibility index (Phi) is 4.36. The van der Waals surface area contributed by atoms with Crippen molar-refractivity contribution in [2.45, 2.75) is 45.5 Å². The number of fused-ring (bicyclic) bond motifs is 5. The molecule has 4 rings (SSSR count). The Morgan fingerprint density at radius 2 is 1.86 bits per heavy atom. The molecule has 0 unspecified atom stereocenters. The highest BCUT2D eigenvalue weighted by molar-refractivity contribution is 6.74. The molecule has 3 aromatic rings. The Balaban J connectivity index is 1.84. The third kappa shape index (κ3) is 3.12. The Morgan fingerprint density at radius 1 is 1.11 bits per heavy atom. The molecule has 0 bridgehead atoms. The van der Waals surface area contributed by atoms with Crippen LogP contribution in [0.15, 0.2) is 45.6 Å². The summed E-state index contributed by atoms with van der Waals surface area (Å²) < 4.78 is 17.9. The predicted octanol–water partition coefficient (Wildman–Crippen LogP) is 6.39. The molecule has 4 nitrogen and oxygen atoms in total. The quantitative estimate of drug-likeness (QED) is 0.360. The second-order valence-electron chi connectivity index (χ2n) is 8.69. The van der Waals surface area contributed by atoms with Gasteiger partial charge < -0.3 is 13.6 Å². The first-order valence-electron chi connectivity index (χ1n) is 9.28. The van der Waals surface area contributed by atoms with E-state index in [1.807, 2.05) is 18.2 Å². The van der Waals surface area contributed by atoms with Crippen molar-refractivity contribution in [2.75, 3.05) is 0 Å². The zero-order valence-corrected chi connectivity index (χ0v) is 18.4. The van der Waals surface area contributed by atoms with Gasteiger partial charge in [-0.05, 0) is 48.5 Å². The van der Waals surface area contributed by atoms with Crippen LogP contribution in [0.4, 0.5) is 0 Å². The largest absolute Gasteiger partial charge is 0.543 e. The summed E-state index contributed by atoms with van der Waals surface area (Å²) >= 11 is 6.05. The number of ether oxygens (including phenoxy) is 1. The van der Waals surface area contributed by atoms with E-state index < -0.39 is 8.32 Å². The first-order valence-corrected chi connectivity index (χ1v) is 12.6. The van der Waals surface area contributed by atoms with Crippen LogP contribution in [-0.2, 0) is 6.61 Å². The van der Waals surface area contributed by atoms with E-state index in [2.05, 4.69) is 33.9 Å². The van der Waals surface area contributed by atoms with Crippen molar-refractivity contribution >= 4 is 30.9 Å². The summed E-state index contributed by atoms with van der Waals surface area (Å²) in [6, 6.07) is 11.0. The van der Waals surface area contributed by atoms with Crippen LogP contribution in [0.5, 0.6) is 11.5 Å². The lowest BCUT2D eigenvalue weighted by Crippen LogP contribution is -2.43. The maximum Gasteiger partial charge on any atom is 0.344 e. The summed E-state index contributed by atoms with van der Waals surface area (Å²) in [7, 11) is -1.99. The maximum atomic E-state index is 12.8. The van der Waals surface area contributed by atoms with Gasteiger partial charge in [0.1, 0.15) is 23.7 Å². The van der Waals surface area contributed by atoms with E-state index in [0.717, 1.165) is 16.7 Å². The highest BCUT2D eigenvalue weighted by atomic mass is 35.5. The molecule has 6 heteroatoms. The van der Waals surface area contributed by atoms with Gasteiger partial charge in [-0.3, -0.25) is 0 Å². The maximum absolute atomic E-state index is 12.8. The fourth-order valence-electron chi connectivity index (χ4n) is 3.15. The summed E-state index contributed by atoms with van der Waals surface area (Å²) in [4.78, 5) is 12.8. The standard InChI is InChI=1S/C22H23ClO4Si/c1-22(2,3)28(4,5)27-14-7-9-15-17-12-25-18-10-13(23)6-8-16(18)20(17)21(24)26-19(15)11-14/h6-11H,12H2,1-5H3. The second-order valence-corrected chi connectivity index (χ2v) is 13.9. The van der Waals surface area contributed by atoms with Crippen LogP contribution in [-0.4, -0.2) is 8.32 Å². The molecular weight excluding hydrogens is 392 g/mol. The van der Waals surface area contributed by atoms with Gasteiger partial charge in [-0.25, -0.2) is 4.79 Å². The third-order valence-electron chi connectivity index (χ3n) is 5.75. The second kappa shape index (κ2) is 6.39. The van der Waals surface area contributed by atoms with Crippen LogP contribution in [0.1, 0.15) is 26.3 Å². The van der Waals surface area contributed by atoms with Gasteiger partial charge in [-0.1, -0.05) is 32.4 Å². The summed E-state index contributed by atoms with van der Waals surface area (Å²) in [5, 5.41) is 1.51. The van der Waals surface area contributed by atoms with Gasteiger partial charge in [0.15, 0.2) is 0 Å². The monoisotopic (exact) mass is 414 g/mol. The van der Waals surface area contributed by atoms with Gasteiger partial charge in [0.05, 0.1) is 5.56 Å². The molecule has 0 N–H and O–H groups in total. The Morgan fingerprint density at radius 3 is 2.57 bits per heavy atom. The highest BCUT2D eigenvalue weighted by Gasteiger charge is 2.39. The van der Waals surface area contributed by atoms with Crippen molar-refractivity contribution in [3.8, 4) is 22.6 Å². The minimum Gasteiger partial charge on any atom is -0.543 e. The molecule has 0 radical (unpaired) electrons. The van der Waals surface area contributed by atoms with E-state index in [0.29, 0.717) is 34.1 Å². The number of rotatable bonds is 2. The molecule has 28 heavy (non-hydrogen) atoms. The topological polar surface area (TPSA) is 48.7 Å². The molecule has 0 amide bonds. The van der Waals surface area contributed by atoms with Crippen molar-refractivity contribution in [2.24, 2.45) is 0 Å². The molecule has 0 fully saturated rings. The molecule has 1 aliphatic heterocycles. The van der Waals surface area contributed by atoms with E-state index >= 15 is 0 Å². The minimum absolute atomic E-state index is 0.0808. The highest BCUT2D eigenvalue weighted by Crippen LogP contribution is 2.41. The smallest absolute Gasteiger partial charge is 0.344 e. The summed E-state index contributed by atoms with van der Waals surface area (Å²) in [6.07, 6.45) is 0. The lowest BCUT2D eigenvalue weighted by molar-refractivity contribution is 0.302. The summed E-state index contributed by atoms with van der Waals surface area (Å²) in [6.45, 7) is 11.3. The first-order chi connectivity index (χ1) is 13.1. The van der Waals surface area contributed by atoms with E-state index in [4.69, 9.17) is 25.2 Å². The number of benzene rings is 2. The van der Waals surface area contributed by atoms with Crippen molar-refractivity contribution < 1.29 is 13.6 Å². The fraction of sp³-hybridized carbons (Fsp3) is 0.318. The van der Waals surface area contributed by atoms with Crippen molar-refractivity contribution in [3.63, 3.8) is 0 Å². The third-order valence-corrected chi connectivity index (χ3v) is 10.3. The van der Waals surface area contributed by atoms with E-state index in [1.54, 1.807) is 18.2 Å². The normalized spacial score (nSPS) is 13.6. The van der Waals surface area contributed by atoms with E-state index in [-0.39, 0.29) is 10.7 Å². The molecule has 1 aromatic heterocycles. The Bertz CT molecular complexity index is 1140. The summed E-state index contributed by atoms with van der Waals surface area (Å²) in [5.74, 6) is 1.33. The lowest BCUT2D eigenvalue weighted by Gasteiger charge is -2.36. The van der Waals surface area contributed by atoms with Crippen LogP contribution in [0.2, 0.25) is 23.2 Å².